The van der Waals surface area contributed by atoms with Gasteiger partial charge in [0, 0.05) is 29.9 Å². The third-order valence-corrected chi connectivity index (χ3v) is 6.35. The number of nitrogens with zero attached hydrogens (tertiary/aromatic N) is 1. The molecule has 1 heterocycles. The summed E-state index contributed by atoms with van der Waals surface area (Å²) in [6, 6.07) is 12.9. The molecule has 2 aromatic rings. The average Bonchev–Trinajstić information content (AvgIpc) is 2.92. The third-order valence-electron chi connectivity index (χ3n) is 4.76. The van der Waals surface area contributed by atoms with Crippen molar-refractivity contribution in [2.24, 2.45) is 0 Å². The minimum Gasteiger partial charge on any atom is -0.497 e. The largest absolute Gasteiger partial charge is 0.497 e. The molecule has 1 aliphatic heterocycles. The first-order chi connectivity index (χ1) is 16.6. The van der Waals surface area contributed by atoms with Crippen molar-refractivity contribution in [3.8, 4) is 5.75 Å². The average molecular weight is 525 g/mol. The van der Waals surface area contributed by atoms with Crippen LogP contribution in [0.15, 0.2) is 47.4 Å². The highest BCUT2D eigenvalue weighted by molar-refractivity contribution is 7.99. The van der Waals surface area contributed by atoms with Gasteiger partial charge < -0.3 is 29.9 Å². The first-order valence-corrected chi connectivity index (χ1v) is 11.5. The Balaban J connectivity index is 0.000000641. The number of benzene rings is 2. The van der Waals surface area contributed by atoms with Crippen molar-refractivity contribution in [2.45, 2.75) is 23.2 Å². The monoisotopic (exact) mass is 524 g/mol. The van der Waals surface area contributed by atoms with E-state index in [-0.39, 0.29) is 5.91 Å². The zero-order chi connectivity index (χ0) is 26.1. The molecule has 0 saturated carbocycles. The maximum atomic E-state index is 13.5. The van der Waals surface area contributed by atoms with E-state index in [4.69, 9.17) is 40.9 Å². The molecule has 12 heteroatoms. The topological polar surface area (TPSA) is 142 Å². The van der Waals surface area contributed by atoms with Gasteiger partial charge >= 0.3 is 17.9 Å². The van der Waals surface area contributed by atoms with E-state index < -0.39 is 29.3 Å². The molecule has 2 atom stereocenters. The number of ether oxygens (including phenoxy) is 2. The highest BCUT2D eigenvalue weighted by Gasteiger charge is 2.40. The lowest BCUT2D eigenvalue weighted by molar-refractivity contribution is -0.159. The van der Waals surface area contributed by atoms with Gasteiger partial charge in [-0.15, -0.1) is 11.8 Å². The van der Waals surface area contributed by atoms with Crippen LogP contribution in [0.4, 0.5) is 5.69 Å². The summed E-state index contributed by atoms with van der Waals surface area (Å²) in [6.45, 7) is 2.35. The second-order valence-corrected chi connectivity index (χ2v) is 8.78. The quantitative estimate of drug-likeness (QED) is 0.381. The smallest absolute Gasteiger partial charge is 0.414 e. The van der Waals surface area contributed by atoms with Crippen molar-refractivity contribution in [3.05, 3.63) is 53.1 Å². The van der Waals surface area contributed by atoms with E-state index in [0.717, 1.165) is 16.1 Å². The van der Waals surface area contributed by atoms with Crippen molar-refractivity contribution in [1.82, 2.24) is 5.32 Å². The van der Waals surface area contributed by atoms with Gasteiger partial charge in [0.2, 0.25) is 0 Å². The number of hydrogen-bond donors (Lipinski definition) is 3. The fourth-order valence-corrected chi connectivity index (χ4v) is 4.78. The lowest BCUT2D eigenvalue weighted by Gasteiger charge is -2.27. The van der Waals surface area contributed by atoms with Gasteiger partial charge in [0.15, 0.2) is 6.10 Å². The van der Waals surface area contributed by atoms with Crippen LogP contribution in [0.3, 0.4) is 0 Å². The number of thioether (sulfide) groups is 1. The van der Waals surface area contributed by atoms with E-state index in [2.05, 4.69) is 5.32 Å². The number of amides is 1. The molecule has 0 aliphatic carbocycles. The zero-order valence-electron chi connectivity index (χ0n) is 19.2. The number of fused-ring (bicyclic) bond motifs is 1. The molecule has 0 fully saturated rings. The Morgan fingerprint density at radius 3 is 2.26 bits per heavy atom. The van der Waals surface area contributed by atoms with Crippen LogP contribution >= 0.6 is 23.4 Å². The molecular weight excluding hydrogens is 500 g/mol. The van der Waals surface area contributed by atoms with Gasteiger partial charge in [-0.3, -0.25) is 9.59 Å². The van der Waals surface area contributed by atoms with E-state index in [1.54, 1.807) is 18.1 Å². The summed E-state index contributed by atoms with van der Waals surface area (Å²) < 4.78 is 10.8. The van der Waals surface area contributed by atoms with Crippen molar-refractivity contribution < 1.29 is 38.9 Å². The normalized spacial score (nSPS) is 16.8. The molecule has 2 aromatic carbocycles. The van der Waals surface area contributed by atoms with Crippen LogP contribution in [0.2, 0.25) is 5.02 Å². The number of aliphatic carboxylic acids is 2. The maximum Gasteiger partial charge on any atom is 0.414 e. The summed E-state index contributed by atoms with van der Waals surface area (Å²) in [7, 11) is 3.42. The number of carbonyl (C=O) groups is 4. The second-order valence-electron chi connectivity index (χ2n) is 7.16. The fourth-order valence-electron chi connectivity index (χ4n) is 3.19. The first kappa shape index (κ1) is 28.0. The number of anilines is 1. The number of carbonyl (C=O) groups excluding carboxylic acids is 2. The predicted molar refractivity (Wildman–Crippen MR) is 130 cm³/mol. The molecule has 3 N–H and O–H groups in total. The van der Waals surface area contributed by atoms with E-state index in [1.807, 2.05) is 43.4 Å². The Morgan fingerprint density at radius 2 is 1.74 bits per heavy atom. The van der Waals surface area contributed by atoms with Gasteiger partial charge in [-0.1, -0.05) is 23.7 Å². The molecule has 188 valence electrons. The van der Waals surface area contributed by atoms with E-state index in [1.165, 1.54) is 18.7 Å². The summed E-state index contributed by atoms with van der Waals surface area (Å²) in [5.74, 6) is -3.70. The van der Waals surface area contributed by atoms with Crippen LogP contribution < -0.4 is 15.0 Å². The minimum absolute atomic E-state index is 0.259. The van der Waals surface area contributed by atoms with Crippen LogP contribution in [0.5, 0.6) is 5.75 Å². The van der Waals surface area contributed by atoms with Crippen molar-refractivity contribution in [1.29, 1.82) is 0 Å². The molecule has 10 nitrogen and oxygen atoms in total. The fraction of sp³-hybridized carbons (Fsp3) is 0.304. The summed E-state index contributed by atoms with van der Waals surface area (Å²) in [4.78, 5) is 46.0. The molecule has 0 unspecified atom stereocenters. The van der Waals surface area contributed by atoms with Crippen molar-refractivity contribution in [2.75, 3.05) is 32.1 Å². The molecule has 0 bridgehead atoms. The molecule has 3 rings (SSSR count). The van der Waals surface area contributed by atoms with Gasteiger partial charge in [0.1, 0.15) is 5.75 Å². The van der Waals surface area contributed by atoms with Crippen LogP contribution in [-0.4, -0.2) is 67.4 Å². The molecule has 35 heavy (non-hydrogen) atoms. The van der Waals surface area contributed by atoms with Gasteiger partial charge in [-0.2, -0.15) is 0 Å². The summed E-state index contributed by atoms with van der Waals surface area (Å²) in [6.07, 6.45) is -0.964. The van der Waals surface area contributed by atoms with Crippen LogP contribution in [0.25, 0.3) is 0 Å². The minimum atomic E-state index is -1.82. The number of methoxy groups -OCH3 is 1. The standard InChI is InChI=1S/C21H23ClN2O4S.C2H2O4/c1-13(25)28-19-20(14-4-7-16(27-3)8-5-14)29-18-12-15(22)6-9-17(18)24(21(19)26)11-10-23-2;3-1(4)2(5)6/h4-9,12,19-20,23H,10-11H2,1-3H3;(H,3,4)(H,5,6)/t19-,20+;/m1./s1. The molecule has 1 amide bonds. The number of carboxylic acids is 2. The molecule has 0 aromatic heterocycles. The summed E-state index contributed by atoms with van der Waals surface area (Å²) in [5, 5.41) is 18.0. The number of hydrogen-bond acceptors (Lipinski definition) is 8. The Morgan fingerprint density at radius 1 is 1.11 bits per heavy atom. The number of rotatable bonds is 6. The van der Waals surface area contributed by atoms with E-state index in [0.29, 0.717) is 23.9 Å². The van der Waals surface area contributed by atoms with Gasteiger partial charge in [-0.05, 0) is 42.9 Å². The number of likely N-dealkylation sites (N-methyl/N-ethyl adjacent to an activating group) is 1. The molecular formula is C23H25ClN2O8S. The molecule has 0 spiro atoms. The lowest BCUT2D eigenvalue weighted by atomic mass is 10.1. The summed E-state index contributed by atoms with van der Waals surface area (Å²) >= 11 is 7.71. The molecule has 0 saturated heterocycles. The van der Waals surface area contributed by atoms with Crippen molar-refractivity contribution >= 4 is 52.9 Å². The molecule has 1 aliphatic rings. The summed E-state index contributed by atoms with van der Waals surface area (Å²) in [5.41, 5.74) is 1.62. The molecule has 0 radical (unpaired) electrons. The predicted octanol–water partition coefficient (Wildman–Crippen LogP) is 2.84. The third kappa shape index (κ3) is 7.61. The van der Waals surface area contributed by atoms with Gasteiger partial charge in [-0.25, -0.2) is 9.59 Å². The lowest BCUT2D eigenvalue weighted by Crippen LogP contribution is -2.45. The van der Waals surface area contributed by atoms with Crippen LogP contribution in [0, 0.1) is 0 Å². The van der Waals surface area contributed by atoms with E-state index in [9.17, 15) is 9.59 Å². The Kier molecular flexibility index (Phi) is 10.4. The first-order valence-electron chi connectivity index (χ1n) is 10.3. The number of carboxylic acid groups (broad SMARTS) is 2. The maximum absolute atomic E-state index is 13.5. The SMILES string of the molecule is CNCCN1C(=O)[C@H](OC(C)=O)[C@H](c2ccc(OC)cc2)Sc2cc(Cl)ccc21.O=C(O)C(=O)O. The van der Waals surface area contributed by atoms with Gasteiger partial charge in [0.05, 0.1) is 18.0 Å². The van der Waals surface area contributed by atoms with Crippen LogP contribution in [-0.2, 0) is 23.9 Å². The van der Waals surface area contributed by atoms with Crippen molar-refractivity contribution in [3.63, 3.8) is 0 Å². The Bertz CT molecular complexity index is 1070. The van der Waals surface area contributed by atoms with Crippen LogP contribution in [0.1, 0.15) is 17.7 Å². The second kappa shape index (κ2) is 13.0. The Hall–Kier alpha value is -3.28. The van der Waals surface area contributed by atoms with E-state index >= 15 is 0 Å². The number of nitrogens with one attached hydrogen (secondary N) is 1. The van der Waals surface area contributed by atoms with Gasteiger partial charge in [0.25, 0.3) is 5.91 Å². The Labute approximate surface area is 211 Å². The highest BCUT2D eigenvalue weighted by Crippen LogP contribution is 2.47. The zero-order valence-corrected chi connectivity index (χ0v) is 20.8. The number of esters is 1. The number of halogens is 1. The highest BCUT2D eigenvalue weighted by atomic mass is 35.5.